The van der Waals surface area contributed by atoms with Gasteiger partial charge in [0.25, 0.3) is 0 Å². The standard InChI is InChI=1S/C13H23N3O/c1-5-7-14-11-9-12(16-10-15-11)17-8-6-13(2,3)4/h9-10H,5-8H2,1-4H3,(H,14,15,16). The molecule has 1 heterocycles. The molecule has 1 aromatic heterocycles. The third-order valence-corrected chi connectivity index (χ3v) is 2.30. The Hall–Kier alpha value is -1.32. The van der Waals surface area contributed by atoms with Gasteiger partial charge in [-0.3, -0.25) is 0 Å². The van der Waals surface area contributed by atoms with Crippen LogP contribution in [0.1, 0.15) is 40.5 Å². The van der Waals surface area contributed by atoms with Crippen molar-refractivity contribution in [2.24, 2.45) is 5.41 Å². The molecule has 0 aliphatic heterocycles. The summed E-state index contributed by atoms with van der Waals surface area (Å²) < 4.78 is 5.61. The van der Waals surface area contributed by atoms with Crippen molar-refractivity contribution < 1.29 is 4.74 Å². The fourth-order valence-electron chi connectivity index (χ4n) is 1.23. The second-order valence-electron chi connectivity index (χ2n) is 5.33. The molecule has 0 amide bonds. The maximum absolute atomic E-state index is 5.61. The summed E-state index contributed by atoms with van der Waals surface area (Å²) in [4.78, 5) is 8.23. The lowest BCUT2D eigenvalue weighted by Gasteiger charge is -2.17. The highest BCUT2D eigenvalue weighted by Crippen LogP contribution is 2.19. The first-order valence-corrected chi connectivity index (χ1v) is 6.20. The van der Waals surface area contributed by atoms with E-state index in [4.69, 9.17) is 4.74 Å². The van der Waals surface area contributed by atoms with Crippen LogP contribution in [0.4, 0.5) is 5.82 Å². The van der Waals surface area contributed by atoms with E-state index >= 15 is 0 Å². The first-order chi connectivity index (χ1) is 8.01. The van der Waals surface area contributed by atoms with Gasteiger partial charge in [0, 0.05) is 12.6 Å². The highest BCUT2D eigenvalue weighted by atomic mass is 16.5. The molecule has 0 bridgehead atoms. The van der Waals surface area contributed by atoms with Gasteiger partial charge in [0.05, 0.1) is 6.61 Å². The number of aromatic nitrogens is 2. The van der Waals surface area contributed by atoms with E-state index in [-0.39, 0.29) is 5.41 Å². The van der Waals surface area contributed by atoms with Crippen molar-refractivity contribution in [2.45, 2.75) is 40.5 Å². The molecule has 1 rings (SSSR count). The molecular weight excluding hydrogens is 214 g/mol. The smallest absolute Gasteiger partial charge is 0.218 e. The molecule has 96 valence electrons. The largest absolute Gasteiger partial charge is 0.478 e. The summed E-state index contributed by atoms with van der Waals surface area (Å²) in [5, 5.41) is 3.21. The van der Waals surface area contributed by atoms with E-state index < -0.39 is 0 Å². The van der Waals surface area contributed by atoms with Gasteiger partial charge in [-0.2, -0.15) is 0 Å². The number of ether oxygens (including phenoxy) is 1. The number of nitrogens with one attached hydrogen (secondary N) is 1. The number of hydrogen-bond acceptors (Lipinski definition) is 4. The molecular formula is C13H23N3O. The average Bonchev–Trinajstić information content (AvgIpc) is 2.25. The Morgan fingerprint density at radius 3 is 2.71 bits per heavy atom. The Morgan fingerprint density at radius 2 is 2.06 bits per heavy atom. The van der Waals surface area contributed by atoms with Crippen LogP contribution in [0.2, 0.25) is 0 Å². The van der Waals surface area contributed by atoms with Gasteiger partial charge in [0.1, 0.15) is 12.1 Å². The number of anilines is 1. The lowest BCUT2D eigenvalue weighted by Crippen LogP contribution is -2.12. The predicted octanol–water partition coefficient (Wildman–Crippen LogP) is 3.11. The molecule has 0 radical (unpaired) electrons. The fourth-order valence-corrected chi connectivity index (χ4v) is 1.23. The normalized spacial score (nSPS) is 11.3. The molecule has 1 N–H and O–H groups in total. The lowest BCUT2D eigenvalue weighted by molar-refractivity contribution is 0.236. The Balaban J connectivity index is 2.43. The van der Waals surface area contributed by atoms with E-state index in [0.717, 1.165) is 25.2 Å². The van der Waals surface area contributed by atoms with Crippen LogP contribution in [0.3, 0.4) is 0 Å². The van der Waals surface area contributed by atoms with Gasteiger partial charge < -0.3 is 10.1 Å². The van der Waals surface area contributed by atoms with Crippen LogP contribution in [-0.2, 0) is 0 Å². The second-order valence-corrected chi connectivity index (χ2v) is 5.33. The van der Waals surface area contributed by atoms with E-state index in [1.807, 2.05) is 6.07 Å². The molecule has 0 fully saturated rings. The van der Waals surface area contributed by atoms with Gasteiger partial charge in [-0.05, 0) is 18.3 Å². The van der Waals surface area contributed by atoms with Gasteiger partial charge >= 0.3 is 0 Å². The first-order valence-electron chi connectivity index (χ1n) is 6.20. The van der Waals surface area contributed by atoms with Crippen LogP contribution < -0.4 is 10.1 Å². The predicted molar refractivity (Wildman–Crippen MR) is 70.4 cm³/mol. The van der Waals surface area contributed by atoms with Crippen molar-refractivity contribution >= 4 is 5.82 Å². The summed E-state index contributed by atoms with van der Waals surface area (Å²) >= 11 is 0. The topological polar surface area (TPSA) is 47.0 Å². The average molecular weight is 237 g/mol. The van der Waals surface area contributed by atoms with Crippen LogP contribution in [0, 0.1) is 5.41 Å². The molecule has 0 saturated carbocycles. The highest BCUT2D eigenvalue weighted by molar-refractivity contribution is 5.36. The van der Waals surface area contributed by atoms with Crippen LogP contribution >= 0.6 is 0 Å². The number of nitrogens with zero attached hydrogens (tertiary/aromatic N) is 2. The molecule has 0 aromatic carbocycles. The van der Waals surface area contributed by atoms with E-state index in [2.05, 4.69) is 43.0 Å². The van der Waals surface area contributed by atoms with Crippen LogP contribution in [0.5, 0.6) is 5.88 Å². The van der Waals surface area contributed by atoms with E-state index in [9.17, 15) is 0 Å². The van der Waals surface area contributed by atoms with Crippen molar-refractivity contribution in [3.63, 3.8) is 0 Å². The van der Waals surface area contributed by atoms with Gasteiger partial charge in [-0.25, -0.2) is 9.97 Å². The van der Waals surface area contributed by atoms with Gasteiger partial charge in [0.15, 0.2) is 0 Å². The summed E-state index contributed by atoms with van der Waals surface area (Å²) in [5.74, 6) is 1.47. The minimum Gasteiger partial charge on any atom is -0.478 e. The van der Waals surface area contributed by atoms with Crippen molar-refractivity contribution in [2.75, 3.05) is 18.5 Å². The lowest BCUT2D eigenvalue weighted by atomic mass is 9.93. The molecule has 0 aliphatic carbocycles. The highest BCUT2D eigenvalue weighted by Gasteiger charge is 2.10. The van der Waals surface area contributed by atoms with Crippen molar-refractivity contribution in [1.29, 1.82) is 0 Å². The van der Waals surface area contributed by atoms with Crippen LogP contribution in [0.15, 0.2) is 12.4 Å². The third-order valence-electron chi connectivity index (χ3n) is 2.30. The van der Waals surface area contributed by atoms with Crippen molar-refractivity contribution in [3.8, 4) is 5.88 Å². The molecule has 4 nitrogen and oxygen atoms in total. The zero-order chi connectivity index (χ0) is 12.7. The maximum atomic E-state index is 5.61. The third kappa shape index (κ3) is 6.09. The van der Waals surface area contributed by atoms with Gasteiger partial charge in [-0.15, -0.1) is 0 Å². The maximum Gasteiger partial charge on any atom is 0.218 e. The van der Waals surface area contributed by atoms with Crippen LogP contribution in [0.25, 0.3) is 0 Å². The Kier molecular flexibility index (Phi) is 5.19. The Labute approximate surface area is 104 Å². The molecule has 17 heavy (non-hydrogen) atoms. The van der Waals surface area contributed by atoms with Crippen LogP contribution in [-0.4, -0.2) is 23.1 Å². The monoisotopic (exact) mass is 237 g/mol. The quantitative estimate of drug-likeness (QED) is 0.825. The zero-order valence-electron chi connectivity index (χ0n) is 11.3. The molecule has 0 spiro atoms. The van der Waals surface area contributed by atoms with E-state index in [1.165, 1.54) is 6.33 Å². The summed E-state index contributed by atoms with van der Waals surface area (Å²) in [6.45, 7) is 10.3. The van der Waals surface area contributed by atoms with E-state index in [1.54, 1.807) is 0 Å². The molecule has 0 atom stereocenters. The summed E-state index contributed by atoms with van der Waals surface area (Å²) in [6, 6.07) is 1.85. The van der Waals surface area contributed by atoms with Crippen molar-refractivity contribution in [3.05, 3.63) is 12.4 Å². The zero-order valence-corrected chi connectivity index (χ0v) is 11.3. The summed E-state index contributed by atoms with van der Waals surface area (Å²) in [7, 11) is 0. The number of hydrogen-bond donors (Lipinski definition) is 1. The number of rotatable bonds is 6. The SMILES string of the molecule is CCCNc1cc(OCCC(C)(C)C)ncn1. The second kappa shape index (κ2) is 6.42. The summed E-state index contributed by atoms with van der Waals surface area (Å²) in [6.07, 6.45) is 3.61. The molecule has 0 unspecified atom stereocenters. The minimum absolute atomic E-state index is 0.288. The first kappa shape index (κ1) is 13.7. The summed E-state index contributed by atoms with van der Waals surface area (Å²) in [5.41, 5.74) is 0.288. The van der Waals surface area contributed by atoms with Gasteiger partial charge in [0.2, 0.25) is 5.88 Å². The fraction of sp³-hybridized carbons (Fsp3) is 0.692. The van der Waals surface area contributed by atoms with Crippen molar-refractivity contribution in [1.82, 2.24) is 9.97 Å². The van der Waals surface area contributed by atoms with Gasteiger partial charge in [-0.1, -0.05) is 27.7 Å². The molecule has 0 aliphatic rings. The Bertz CT molecular complexity index is 334. The molecule has 1 aromatic rings. The minimum atomic E-state index is 0.288. The molecule has 0 saturated heterocycles. The molecule has 4 heteroatoms. The Morgan fingerprint density at radius 1 is 1.29 bits per heavy atom. The van der Waals surface area contributed by atoms with E-state index in [0.29, 0.717) is 12.5 Å².